The number of ether oxygens (including phenoxy) is 1. The molecule has 0 saturated heterocycles. The van der Waals surface area contributed by atoms with Crippen LogP contribution in [0.5, 0.6) is 11.5 Å². The van der Waals surface area contributed by atoms with Crippen molar-refractivity contribution < 1.29 is 13.9 Å². The molecule has 2 aromatic carbocycles. The first kappa shape index (κ1) is 14.5. The number of nitrogens with zero attached hydrogens (tertiary/aromatic N) is 1. The smallest absolute Gasteiger partial charge is 0.311 e. The Kier molecular flexibility index (Phi) is 4.36. The fourth-order valence-electron chi connectivity index (χ4n) is 1.56. The van der Waals surface area contributed by atoms with Crippen LogP contribution in [0.2, 0.25) is 5.02 Å². The molecule has 0 N–H and O–H groups in total. The molecule has 0 saturated carbocycles. The Morgan fingerprint density at radius 3 is 2.50 bits per heavy atom. The van der Waals surface area contributed by atoms with E-state index in [1.807, 2.05) is 0 Å². The van der Waals surface area contributed by atoms with Crippen molar-refractivity contribution in [2.24, 2.45) is 0 Å². The van der Waals surface area contributed by atoms with Gasteiger partial charge in [0.05, 0.1) is 9.95 Å². The predicted octanol–water partition coefficient (Wildman–Crippen LogP) is 3.78. The van der Waals surface area contributed by atoms with Crippen molar-refractivity contribution in [1.29, 1.82) is 0 Å². The van der Waals surface area contributed by atoms with Crippen LogP contribution in [0, 0.1) is 10.1 Å². The molecule has 0 fully saturated rings. The average Bonchev–Trinajstić information content (AvgIpc) is 2.41. The molecular weight excluding hydrogens is 302 g/mol. The molecule has 7 heteroatoms. The number of halogens is 1. The summed E-state index contributed by atoms with van der Waals surface area (Å²) in [5.41, 5.74) is -0.147. The number of hydrogen-bond acceptors (Lipinski definition) is 4. The monoisotopic (exact) mass is 311 g/mol. The van der Waals surface area contributed by atoms with Gasteiger partial charge in [0, 0.05) is 28.0 Å². The molecule has 0 amide bonds. The molecule has 0 aromatic heterocycles. The van der Waals surface area contributed by atoms with E-state index in [2.05, 4.69) is 0 Å². The van der Waals surface area contributed by atoms with E-state index >= 15 is 0 Å². The summed E-state index contributed by atoms with van der Waals surface area (Å²) in [6.45, 7) is 0. The third-order valence-corrected chi connectivity index (χ3v) is 3.73. The van der Waals surface area contributed by atoms with Gasteiger partial charge in [-0.2, -0.15) is 0 Å². The summed E-state index contributed by atoms with van der Waals surface area (Å²) in [6, 6.07) is 10.7. The van der Waals surface area contributed by atoms with Crippen LogP contribution in [0.25, 0.3) is 0 Å². The van der Waals surface area contributed by atoms with E-state index < -0.39 is 15.7 Å². The van der Waals surface area contributed by atoms with Crippen LogP contribution in [-0.2, 0) is 10.8 Å². The van der Waals surface area contributed by atoms with Crippen molar-refractivity contribution in [3.63, 3.8) is 0 Å². The van der Waals surface area contributed by atoms with Crippen LogP contribution in [0.3, 0.4) is 0 Å². The highest BCUT2D eigenvalue weighted by Gasteiger charge is 2.16. The van der Waals surface area contributed by atoms with Crippen LogP contribution < -0.4 is 4.74 Å². The third-order valence-electron chi connectivity index (χ3n) is 2.52. The number of para-hydroxylation sites is 2. The number of benzene rings is 2. The first-order valence-corrected chi connectivity index (χ1v) is 7.47. The lowest BCUT2D eigenvalue weighted by Gasteiger charge is -2.08. The second-order valence-electron chi connectivity index (χ2n) is 3.87. The molecule has 5 nitrogen and oxygen atoms in total. The van der Waals surface area contributed by atoms with Crippen molar-refractivity contribution in [3.8, 4) is 11.5 Å². The Morgan fingerprint density at radius 1 is 1.20 bits per heavy atom. The zero-order valence-corrected chi connectivity index (χ0v) is 12.0. The lowest BCUT2D eigenvalue weighted by molar-refractivity contribution is -0.385. The maximum Gasteiger partial charge on any atom is 0.311 e. The Morgan fingerprint density at radius 2 is 1.90 bits per heavy atom. The van der Waals surface area contributed by atoms with Crippen LogP contribution in [0.4, 0.5) is 5.69 Å². The summed E-state index contributed by atoms with van der Waals surface area (Å²) in [5.74, 6) is 0.375. The largest absolute Gasteiger partial charge is 0.449 e. The van der Waals surface area contributed by atoms with Crippen molar-refractivity contribution in [2.75, 3.05) is 6.26 Å². The molecule has 1 atom stereocenters. The summed E-state index contributed by atoms with van der Waals surface area (Å²) in [4.78, 5) is 10.9. The second-order valence-corrected chi connectivity index (χ2v) is 5.66. The lowest BCUT2D eigenvalue weighted by Crippen LogP contribution is -1.94. The molecule has 0 bridgehead atoms. The van der Waals surface area contributed by atoms with E-state index in [1.54, 1.807) is 18.2 Å². The van der Waals surface area contributed by atoms with Crippen molar-refractivity contribution in [1.82, 2.24) is 0 Å². The van der Waals surface area contributed by atoms with Gasteiger partial charge in [-0.3, -0.25) is 14.3 Å². The summed E-state index contributed by atoms with van der Waals surface area (Å²) >= 11 is 6.03. The van der Waals surface area contributed by atoms with Gasteiger partial charge in [-0.1, -0.05) is 23.7 Å². The van der Waals surface area contributed by atoms with Gasteiger partial charge < -0.3 is 4.74 Å². The van der Waals surface area contributed by atoms with E-state index in [-0.39, 0.29) is 22.2 Å². The SMILES string of the molecule is CS(=O)c1ccc(Oc2ccccc2[N+](=O)[O-])c(Cl)c1. The normalized spacial score (nSPS) is 11.9. The zero-order chi connectivity index (χ0) is 14.7. The summed E-state index contributed by atoms with van der Waals surface area (Å²) < 4.78 is 16.8. The minimum Gasteiger partial charge on any atom is -0.449 e. The Balaban J connectivity index is 2.36. The van der Waals surface area contributed by atoms with Gasteiger partial charge in [-0.25, -0.2) is 0 Å². The fourth-order valence-corrected chi connectivity index (χ4v) is 2.38. The lowest BCUT2D eigenvalue weighted by atomic mass is 10.3. The Labute approximate surface area is 122 Å². The maximum absolute atomic E-state index is 11.3. The summed E-state index contributed by atoms with van der Waals surface area (Å²) in [6.07, 6.45) is 1.54. The quantitative estimate of drug-likeness (QED) is 0.636. The van der Waals surface area contributed by atoms with Gasteiger partial charge in [0.1, 0.15) is 5.75 Å². The van der Waals surface area contributed by atoms with Crippen LogP contribution in [0.15, 0.2) is 47.4 Å². The standard InChI is InChI=1S/C13H10ClNO4S/c1-20(18)9-6-7-12(10(14)8-9)19-13-5-3-2-4-11(13)15(16)17/h2-8H,1H3. The minimum atomic E-state index is -1.15. The van der Waals surface area contributed by atoms with Crippen LogP contribution in [0.1, 0.15) is 0 Å². The Hall–Kier alpha value is -1.92. The topological polar surface area (TPSA) is 69.4 Å². The number of rotatable bonds is 4. The van der Waals surface area contributed by atoms with E-state index in [0.29, 0.717) is 4.90 Å². The molecular formula is C13H10ClNO4S. The van der Waals surface area contributed by atoms with E-state index in [9.17, 15) is 14.3 Å². The third kappa shape index (κ3) is 3.15. The minimum absolute atomic E-state index is 0.102. The number of nitro groups is 1. The van der Waals surface area contributed by atoms with Crippen molar-refractivity contribution in [2.45, 2.75) is 4.90 Å². The van der Waals surface area contributed by atoms with Gasteiger partial charge in [0.2, 0.25) is 5.75 Å². The average molecular weight is 312 g/mol. The molecule has 0 aliphatic rings. The highest BCUT2D eigenvalue weighted by Crippen LogP contribution is 2.35. The molecule has 0 radical (unpaired) electrons. The molecule has 104 valence electrons. The van der Waals surface area contributed by atoms with Crippen LogP contribution in [-0.4, -0.2) is 15.4 Å². The molecule has 0 aliphatic heterocycles. The highest BCUT2D eigenvalue weighted by molar-refractivity contribution is 7.84. The van der Waals surface area contributed by atoms with Crippen molar-refractivity contribution >= 4 is 28.1 Å². The van der Waals surface area contributed by atoms with Crippen LogP contribution >= 0.6 is 11.6 Å². The molecule has 20 heavy (non-hydrogen) atoms. The summed E-state index contributed by atoms with van der Waals surface area (Å²) in [5, 5.41) is 11.1. The van der Waals surface area contributed by atoms with Gasteiger partial charge in [-0.15, -0.1) is 0 Å². The zero-order valence-electron chi connectivity index (χ0n) is 10.4. The van der Waals surface area contributed by atoms with Crippen molar-refractivity contribution in [3.05, 3.63) is 57.6 Å². The maximum atomic E-state index is 11.3. The van der Waals surface area contributed by atoms with Gasteiger partial charge in [0.25, 0.3) is 0 Å². The molecule has 1 unspecified atom stereocenters. The van der Waals surface area contributed by atoms with E-state index in [4.69, 9.17) is 16.3 Å². The fraction of sp³-hybridized carbons (Fsp3) is 0.0769. The molecule has 2 aromatic rings. The van der Waals surface area contributed by atoms with Gasteiger partial charge in [0.15, 0.2) is 0 Å². The van der Waals surface area contributed by atoms with Gasteiger partial charge >= 0.3 is 5.69 Å². The summed E-state index contributed by atoms with van der Waals surface area (Å²) in [7, 11) is -1.15. The first-order valence-electron chi connectivity index (χ1n) is 5.53. The molecule has 0 spiro atoms. The molecule has 0 heterocycles. The van der Waals surface area contributed by atoms with E-state index in [1.165, 1.54) is 30.5 Å². The molecule has 0 aliphatic carbocycles. The second kappa shape index (κ2) is 6.02. The number of hydrogen-bond donors (Lipinski definition) is 0. The molecule has 2 rings (SSSR count). The highest BCUT2D eigenvalue weighted by atomic mass is 35.5. The number of nitro benzene ring substituents is 1. The van der Waals surface area contributed by atoms with Gasteiger partial charge in [-0.05, 0) is 24.3 Å². The first-order chi connectivity index (χ1) is 9.49. The van der Waals surface area contributed by atoms with E-state index in [0.717, 1.165) is 0 Å². The Bertz CT molecular complexity index is 690. The predicted molar refractivity (Wildman–Crippen MR) is 77.0 cm³/mol.